The monoisotopic (exact) mass is 691 g/mol. The van der Waals surface area contributed by atoms with Gasteiger partial charge in [0.05, 0.1) is 17.7 Å². The fourth-order valence-corrected chi connectivity index (χ4v) is 6.46. The lowest BCUT2D eigenvalue weighted by Crippen LogP contribution is -2.54. The lowest BCUT2D eigenvalue weighted by atomic mass is 10.0. The number of ether oxygens (including phenoxy) is 1. The summed E-state index contributed by atoms with van der Waals surface area (Å²) in [6.07, 6.45) is 0.967. The van der Waals surface area contributed by atoms with Crippen LogP contribution in [0.3, 0.4) is 0 Å². The van der Waals surface area contributed by atoms with Crippen LogP contribution in [-0.4, -0.2) is 50.9 Å². The van der Waals surface area contributed by atoms with Crippen molar-refractivity contribution < 1.29 is 22.7 Å². The van der Waals surface area contributed by atoms with E-state index in [-0.39, 0.29) is 29.8 Å². The van der Waals surface area contributed by atoms with Gasteiger partial charge in [0, 0.05) is 23.5 Å². The summed E-state index contributed by atoms with van der Waals surface area (Å²) in [5, 5.41) is 3.05. The Bertz CT molecular complexity index is 1650. The van der Waals surface area contributed by atoms with Crippen LogP contribution in [0.15, 0.2) is 119 Å². The Morgan fingerprint density at radius 1 is 0.844 bits per heavy atom. The molecule has 0 spiro atoms. The quantitative estimate of drug-likeness (QED) is 0.170. The third kappa shape index (κ3) is 8.95. The first-order chi connectivity index (χ1) is 21.6. The predicted octanol–water partition coefficient (Wildman–Crippen LogP) is 6.21. The summed E-state index contributed by atoms with van der Waals surface area (Å²) in [5.74, 6) is -0.310. The normalized spacial score (nSPS) is 12.5. The molecule has 0 radical (unpaired) electrons. The van der Waals surface area contributed by atoms with Crippen molar-refractivity contribution >= 4 is 43.5 Å². The number of halogens is 1. The molecule has 2 amide bonds. The van der Waals surface area contributed by atoms with Gasteiger partial charge in [-0.15, -0.1) is 0 Å². The number of sulfonamides is 1. The van der Waals surface area contributed by atoms with E-state index in [0.717, 1.165) is 19.9 Å². The molecule has 4 aromatic rings. The Morgan fingerprint density at radius 2 is 1.44 bits per heavy atom. The summed E-state index contributed by atoms with van der Waals surface area (Å²) in [4.78, 5) is 29.9. The van der Waals surface area contributed by atoms with Gasteiger partial charge in [-0.2, -0.15) is 0 Å². The number of hydrogen-bond acceptors (Lipinski definition) is 5. The second-order valence-electron chi connectivity index (χ2n) is 10.7. The summed E-state index contributed by atoms with van der Waals surface area (Å²) >= 11 is 3.46. The minimum absolute atomic E-state index is 0.00904. The predicted molar refractivity (Wildman–Crippen MR) is 180 cm³/mol. The highest BCUT2D eigenvalue weighted by Gasteiger charge is 2.35. The van der Waals surface area contributed by atoms with Gasteiger partial charge in [-0.1, -0.05) is 83.5 Å². The molecule has 0 aliphatic heterocycles. The number of benzene rings is 4. The molecule has 0 saturated heterocycles. The van der Waals surface area contributed by atoms with Crippen LogP contribution >= 0.6 is 15.9 Å². The van der Waals surface area contributed by atoms with E-state index in [1.54, 1.807) is 42.5 Å². The maximum absolute atomic E-state index is 14.5. The Hall–Kier alpha value is -4.15. The number of nitrogens with zero attached hydrogens (tertiary/aromatic N) is 2. The van der Waals surface area contributed by atoms with Gasteiger partial charge >= 0.3 is 0 Å². The van der Waals surface area contributed by atoms with Crippen molar-refractivity contribution in [3.05, 3.63) is 125 Å². The van der Waals surface area contributed by atoms with Crippen molar-refractivity contribution in [3.63, 3.8) is 0 Å². The first-order valence-corrected chi connectivity index (χ1v) is 17.0. The van der Waals surface area contributed by atoms with Crippen LogP contribution in [0.2, 0.25) is 0 Å². The summed E-state index contributed by atoms with van der Waals surface area (Å²) in [6.45, 7) is 3.47. The Kier molecular flexibility index (Phi) is 11.8. The summed E-state index contributed by atoms with van der Waals surface area (Å²) in [7, 11) is -2.69. The number of amides is 2. The van der Waals surface area contributed by atoms with E-state index in [0.29, 0.717) is 17.9 Å². The highest BCUT2D eigenvalue weighted by atomic mass is 79.9. The summed E-state index contributed by atoms with van der Waals surface area (Å²) < 4.78 is 35.4. The number of nitrogens with one attached hydrogen (secondary N) is 1. The third-order valence-corrected chi connectivity index (χ3v) is 9.83. The maximum atomic E-state index is 14.5. The van der Waals surface area contributed by atoms with Crippen molar-refractivity contribution in [2.24, 2.45) is 0 Å². The topological polar surface area (TPSA) is 96.0 Å². The Balaban J connectivity index is 1.78. The van der Waals surface area contributed by atoms with Gasteiger partial charge in [0.15, 0.2) is 0 Å². The molecule has 1 N–H and O–H groups in total. The van der Waals surface area contributed by atoms with Gasteiger partial charge in [-0.25, -0.2) is 8.42 Å². The molecule has 0 heterocycles. The molecule has 236 valence electrons. The Morgan fingerprint density at radius 3 is 2.02 bits per heavy atom. The van der Waals surface area contributed by atoms with Crippen molar-refractivity contribution in [2.45, 2.75) is 50.2 Å². The van der Waals surface area contributed by atoms with Crippen molar-refractivity contribution in [1.82, 2.24) is 10.2 Å². The molecular formula is C35H38BrN3O5S. The highest BCUT2D eigenvalue weighted by molar-refractivity contribution is 9.10. The minimum atomic E-state index is -4.19. The number of carbonyl (C=O) groups excluding carboxylic acids is 2. The van der Waals surface area contributed by atoms with Crippen LogP contribution in [0.5, 0.6) is 5.75 Å². The molecule has 10 heteroatoms. The van der Waals surface area contributed by atoms with E-state index < -0.39 is 28.5 Å². The second kappa shape index (κ2) is 15.7. The van der Waals surface area contributed by atoms with Crippen LogP contribution in [0.25, 0.3) is 0 Å². The molecule has 4 rings (SSSR count). The SMILES string of the molecule is CC[C@@H](C)NC(=O)[C@@H](Cc1ccccc1)N(Cc1ccc(Br)cc1)C(=O)CN(c1ccccc1)S(=O)(=O)c1ccc(OC)cc1. The van der Waals surface area contributed by atoms with E-state index in [9.17, 15) is 18.0 Å². The molecule has 2 atom stereocenters. The van der Waals surface area contributed by atoms with Crippen molar-refractivity contribution in [3.8, 4) is 5.75 Å². The average molecular weight is 693 g/mol. The molecule has 45 heavy (non-hydrogen) atoms. The number of carbonyl (C=O) groups is 2. The van der Waals surface area contributed by atoms with Crippen LogP contribution in [0, 0.1) is 0 Å². The van der Waals surface area contributed by atoms with Crippen LogP contribution in [0.1, 0.15) is 31.4 Å². The number of anilines is 1. The van der Waals surface area contributed by atoms with Crippen molar-refractivity contribution in [1.29, 1.82) is 0 Å². The zero-order chi connectivity index (χ0) is 32.4. The lowest BCUT2D eigenvalue weighted by molar-refractivity contribution is -0.140. The standard InChI is InChI=1S/C35H38BrN3O5S/c1-4-26(2)37-35(41)33(23-27-11-7-5-8-12-27)38(24-28-15-17-29(36)18-16-28)34(40)25-39(30-13-9-6-10-14-30)45(42,43)32-21-19-31(44-3)20-22-32/h5-22,26,33H,4,23-25H2,1-3H3,(H,37,41)/t26-,33-/m1/s1. The largest absolute Gasteiger partial charge is 0.497 e. The second-order valence-corrected chi connectivity index (χ2v) is 13.5. The molecule has 0 aromatic heterocycles. The molecule has 4 aromatic carbocycles. The summed E-state index contributed by atoms with van der Waals surface area (Å²) in [6, 6.07) is 30.5. The molecule has 0 aliphatic rings. The van der Waals surface area contributed by atoms with Crippen LogP contribution in [0.4, 0.5) is 5.69 Å². The van der Waals surface area contributed by atoms with Gasteiger partial charge in [-0.3, -0.25) is 13.9 Å². The number of para-hydroxylation sites is 1. The van der Waals surface area contributed by atoms with Gasteiger partial charge in [0.25, 0.3) is 10.0 Å². The average Bonchev–Trinajstić information content (AvgIpc) is 3.06. The molecule has 0 fully saturated rings. The highest BCUT2D eigenvalue weighted by Crippen LogP contribution is 2.26. The van der Waals surface area contributed by atoms with E-state index in [2.05, 4.69) is 21.2 Å². The van der Waals surface area contributed by atoms with E-state index >= 15 is 0 Å². The van der Waals surface area contributed by atoms with Crippen LogP contribution in [-0.2, 0) is 32.6 Å². The molecule has 8 nitrogen and oxygen atoms in total. The summed E-state index contributed by atoms with van der Waals surface area (Å²) in [5.41, 5.74) is 2.00. The molecule has 0 aliphatic carbocycles. The zero-order valence-electron chi connectivity index (χ0n) is 25.6. The van der Waals surface area contributed by atoms with E-state index in [4.69, 9.17) is 4.74 Å². The number of rotatable bonds is 14. The van der Waals surface area contributed by atoms with Crippen LogP contribution < -0.4 is 14.4 Å². The third-order valence-electron chi connectivity index (χ3n) is 7.51. The molecule has 0 unspecified atom stereocenters. The van der Waals surface area contributed by atoms with E-state index in [1.165, 1.54) is 24.1 Å². The smallest absolute Gasteiger partial charge is 0.264 e. The first-order valence-electron chi connectivity index (χ1n) is 14.7. The van der Waals surface area contributed by atoms with Gasteiger partial charge in [-0.05, 0) is 73.0 Å². The molecule has 0 saturated carbocycles. The Labute approximate surface area is 274 Å². The molecule has 0 bridgehead atoms. The fourth-order valence-electron chi connectivity index (χ4n) is 4.78. The van der Waals surface area contributed by atoms with Gasteiger partial charge in [0.1, 0.15) is 18.3 Å². The van der Waals surface area contributed by atoms with Crippen molar-refractivity contribution in [2.75, 3.05) is 18.0 Å². The van der Waals surface area contributed by atoms with Gasteiger partial charge in [0.2, 0.25) is 11.8 Å². The maximum Gasteiger partial charge on any atom is 0.264 e. The van der Waals surface area contributed by atoms with E-state index in [1.807, 2.05) is 68.4 Å². The minimum Gasteiger partial charge on any atom is -0.497 e. The molecular weight excluding hydrogens is 654 g/mol. The first kappa shape index (κ1) is 33.7. The number of hydrogen-bond donors (Lipinski definition) is 1. The lowest BCUT2D eigenvalue weighted by Gasteiger charge is -2.34. The zero-order valence-corrected chi connectivity index (χ0v) is 28.0. The fraction of sp³-hybridized carbons (Fsp3) is 0.257. The number of methoxy groups -OCH3 is 1. The van der Waals surface area contributed by atoms with Gasteiger partial charge < -0.3 is 15.0 Å².